The summed E-state index contributed by atoms with van der Waals surface area (Å²) in [5.74, 6) is 0.439. The first kappa shape index (κ1) is 21.8. The van der Waals surface area contributed by atoms with Crippen molar-refractivity contribution in [3.8, 4) is 0 Å². The maximum atomic E-state index is 12.0. The number of aliphatic hydroxyl groups is 1. The largest absolute Gasteiger partial charge is 0.390 e. The third-order valence-electron chi connectivity index (χ3n) is 7.29. The van der Waals surface area contributed by atoms with Crippen LogP contribution in [0.2, 0.25) is 0 Å². The van der Waals surface area contributed by atoms with E-state index >= 15 is 0 Å². The van der Waals surface area contributed by atoms with Crippen LogP contribution in [0.15, 0.2) is 30.3 Å². The van der Waals surface area contributed by atoms with Crippen LogP contribution in [0.3, 0.4) is 0 Å². The van der Waals surface area contributed by atoms with Gasteiger partial charge in [-0.25, -0.2) is 0 Å². The molecule has 3 rings (SSSR count). The fraction of sp³-hybridized carbons (Fsp3) is 0.769. The van der Waals surface area contributed by atoms with Crippen LogP contribution >= 0.6 is 0 Å². The molecule has 1 saturated carbocycles. The normalized spacial score (nSPS) is 29.0. The molecule has 2 nitrogen and oxygen atoms in total. The highest BCUT2D eigenvalue weighted by atomic mass is 16.3. The van der Waals surface area contributed by atoms with Gasteiger partial charge in [0.1, 0.15) is 0 Å². The smallest absolute Gasteiger partial charge is 0.0691 e. The van der Waals surface area contributed by atoms with Crippen LogP contribution in [0.25, 0.3) is 0 Å². The summed E-state index contributed by atoms with van der Waals surface area (Å²) >= 11 is 0. The first-order valence-corrected chi connectivity index (χ1v) is 12.2. The van der Waals surface area contributed by atoms with Crippen LogP contribution < -0.4 is 0 Å². The maximum absolute atomic E-state index is 12.0. The van der Waals surface area contributed by atoms with Gasteiger partial charge in [0.05, 0.1) is 5.60 Å². The third-order valence-corrected chi connectivity index (χ3v) is 7.29. The van der Waals surface area contributed by atoms with Gasteiger partial charge in [0.25, 0.3) is 0 Å². The molecule has 0 radical (unpaired) electrons. The predicted molar refractivity (Wildman–Crippen MR) is 120 cm³/mol. The zero-order valence-electron chi connectivity index (χ0n) is 18.1. The minimum absolute atomic E-state index is 0.439. The van der Waals surface area contributed by atoms with E-state index in [-0.39, 0.29) is 0 Å². The molecule has 2 atom stereocenters. The van der Waals surface area contributed by atoms with Gasteiger partial charge < -0.3 is 10.0 Å². The second-order valence-electron chi connectivity index (χ2n) is 9.51. The Labute approximate surface area is 173 Å². The zero-order valence-corrected chi connectivity index (χ0v) is 18.1. The second kappa shape index (κ2) is 12.0. The van der Waals surface area contributed by atoms with Crippen LogP contribution in [-0.2, 0) is 6.42 Å². The summed E-state index contributed by atoms with van der Waals surface area (Å²) < 4.78 is 0. The van der Waals surface area contributed by atoms with Crippen LogP contribution in [0, 0.1) is 5.92 Å². The Morgan fingerprint density at radius 3 is 2.11 bits per heavy atom. The summed E-state index contributed by atoms with van der Waals surface area (Å²) in [7, 11) is 0. The minimum atomic E-state index is -0.494. The molecule has 1 aliphatic heterocycles. The Morgan fingerprint density at radius 2 is 1.39 bits per heavy atom. The van der Waals surface area contributed by atoms with Crippen molar-refractivity contribution in [3.63, 3.8) is 0 Å². The number of nitrogens with zero attached hydrogens (tertiary/aromatic N) is 1. The van der Waals surface area contributed by atoms with Crippen molar-refractivity contribution in [3.05, 3.63) is 35.9 Å². The molecule has 0 bridgehead atoms. The lowest BCUT2D eigenvalue weighted by molar-refractivity contribution is -0.0527. The second-order valence-corrected chi connectivity index (χ2v) is 9.51. The molecule has 2 aliphatic rings. The average molecular weight is 386 g/mol. The number of piperidine rings is 1. The molecule has 0 amide bonds. The number of hydrogen-bond acceptors (Lipinski definition) is 2. The summed E-state index contributed by atoms with van der Waals surface area (Å²) in [6.45, 7) is 3.60. The van der Waals surface area contributed by atoms with Crippen LogP contribution in [0.5, 0.6) is 0 Å². The molecule has 28 heavy (non-hydrogen) atoms. The minimum Gasteiger partial charge on any atom is -0.390 e. The van der Waals surface area contributed by atoms with Crippen molar-refractivity contribution in [2.75, 3.05) is 19.6 Å². The Morgan fingerprint density at radius 1 is 0.786 bits per heavy atom. The standard InChI is InChI=1S/C26H43NO/c28-26(20-18-24-15-9-7-10-16-24)19-12-6-4-2-1-3-5-11-17-25(26)23-27-21-13-8-14-22-27/h7,9-10,15-16,25,28H,1-6,8,11-14,17-23H2. The molecule has 158 valence electrons. The molecule has 1 saturated heterocycles. The van der Waals surface area contributed by atoms with Gasteiger partial charge >= 0.3 is 0 Å². The summed E-state index contributed by atoms with van der Waals surface area (Å²) in [5, 5.41) is 12.0. The Bertz CT molecular complexity index is 524. The predicted octanol–water partition coefficient (Wildman–Crippen LogP) is 6.37. The summed E-state index contributed by atoms with van der Waals surface area (Å²) in [4.78, 5) is 2.66. The summed E-state index contributed by atoms with van der Waals surface area (Å²) in [6.07, 6.45) is 18.9. The van der Waals surface area contributed by atoms with E-state index in [9.17, 15) is 5.11 Å². The van der Waals surface area contributed by atoms with E-state index in [4.69, 9.17) is 0 Å². The van der Waals surface area contributed by atoms with E-state index in [1.807, 2.05) is 0 Å². The van der Waals surface area contributed by atoms with E-state index < -0.39 is 5.60 Å². The highest BCUT2D eigenvalue weighted by Gasteiger charge is 2.36. The van der Waals surface area contributed by atoms with E-state index in [0.717, 1.165) is 25.8 Å². The van der Waals surface area contributed by atoms with Gasteiger partial charge in [-0.15, -0.1) is 0 Å². The van der Waals surface area contributed by atoms with E-state index in [0.29, 0.717) is 5.92 Å². The number of aryl methyl sites for hydroxylation is 1. The zero-order chi connectivity index (χ0) is 19.5. The number of likely N-dealkylation sites (tertiary alicyclic amines) is 1. The van der Waals surface area contributed by atoms with E-state index in [2.05, 4.69) is 35.2 Å². The first-order valence-electron chi connectivity index (χ1n) is 12.2. The van der Waals surface area contributed by atoms with Gasteiger partial charge in [-0.3, -0.25) is 0 Å². The average Bonchev–Trinajstić information content (AvgIpc) is 2.73. The number of benzene rings is 1. The molecule has 2 fully saturated rings. The highest BCUT2D eigenvalue weighted by Crippen LogP contribution is 2.35. The molecule has 1 aromatic rings. The molecule has 1 aliphatic carbocycles. The van der Waals surface area contributed by atoms with Gasteiger partial charge in [0.2, 0.25) is 0 Å². The molecule has 1 N–H and O–H groups in total. The van der Waals surface area contributed by atoms with Gasteiger partial charge in [0, 0.05) is 12.5 Å². The van der Waals surface area contributed by atoms with Crippen molar-refractivity contribution < 1.29 is 5.11 Å². The van der Waals surface area contributed by atoms with Crippen molar-refractivity contribution in [2.24, 2.45) is 5.92 Å². The van der Waals surface area contributed by atoms with Crippen LogP contribution in [0.4, 0.5) is 0 Å². The van der Waals surface area contributed by atoms with Crippen LogP contribution in [-0.4, -0.2) is 35.2 Å². The fourth-order valence-electron chi connectivity index (χ4n) is 5.40. The van der Waals surface area contributed by atoms with Crippen molar-refractivity contribution in [2.45, 2.75) is 102 Å². The molecular weight excluding hydrogens is 342 g/mol. The monoisotopic (exact) mass is 385 g/mol. The molecule has 2 unspecified atom stereocenters. The maximum Gasteiger partial charge on any atom is 0.0691 e. The lowest BCUT2D eigenvalue weighted by Gasteiger charge is -2.41. The molecule has 1 heterocycles. The number of hydrogen-bond donors (Lipinski definition) is 1. The molecule has 1 aromatic carbocycles. The van der Waals surface area contributed by atoms with Gasteiger partial charge in [-0.1, -0.05) is 88.1 Å². The lowest BCUT2D eigenvalue weighted by Crippen LogP contribution is -2.46. The Kier molecular flexibility index (Phi) is 9.34. The van der Waals surface area contributed by atoms with Gasteiger partial charge in [-0.05, 0) is 57.2 Å². The van der Waals surface area contributed by atoms with Crippen LogP contribution in [0.1, 0.15) is 95.5 Å². The van der Waals surface area contributed by atoms with Gasteiger partial charge in [-0.2, -0.15) is 0 Å². The van der Waals surface area contributed by atoms with E-state index in [1.165, 1.54) is 95.7 Å². The number of rotatable bonds is 5. The van der Waals surface area contributed by atoms with Gasteiger partial charge in [0.15, 0.2) is 0 Å². The summed E-state index contributed by atoms with van der Waals surface area (Å²) in [5.41, 5.74) is 0.880. The fourth-order valence-corrected chi connectivity index (χ4v) is 5.40. The third kappa shape index (κ3) is 7.19. The Hall–Kier alpha value is -0.860. The van der Waals surface area contributed by atoms with E-state index in [1.54, 1.807) is 0 Å². The van der Waals surface area contributed by atoms with Crippen molar-refractivity contribution in [1.29, 1.82) is 0 Å². The topological polar surface area (TPSA) is 23.5 Å². The van der Waals surface area contributed by atoms with Crippen molar-refractivity contribution in [1.82, 2.24) is 4.90 Å². The lowest BCUT2D eigenvalue weighted by atomic mass is 9.75. The Balaban J connectivity index is 1.69. The first-order chi connectivity index (χ1) is 13.8. The quantitative estimate of drug-likeness (QED) is 0.637. The molecule has 0 spiro atoms. The molecule has 0 aromatic heterocycles. The highest BCUT2D eigenvalue weighted by molar-refractivity contribution is 5.15. The molecule has 2 heteroatoms. The summed E-state index contributed by atoms with van der Waals surface area (Å²) in [6, 6.07) is 10.8. The SMILES string of the molecule is OC1(CCc2ccccc2)CCCCCCCCCCC1CN1CCCCC1. The van der Waals surface area contributed by atoms with Crippen molar-refractivity contribution >= 4 is 0 Å². The molecular formula is C26H43NO.